The molecule has 0 atom stereocenters. The highest BCUT2D eigenvalue weighted by molar-refractivity contribution is 9.10. The van der Waals surface area contributed by atoms with Gasteiger partial charge in [0, 0.05) is 21.3 Å². The summed E-state index contributed by atoms with van der Waals surface area (Å²) in [6, 6.07) is 16.8. The number of aromatic amines is 1. The van der Waals surface area contributed by atoms with Crippen molar-refractivity contribution in [2.24, 2.45) is 0 Å². The lowest BCUT2D eigenvalue weighted by atomic mass is 9.98. The molecule has 1 aromatic heterocycles. The van der Waals surface area contributed by atoms with Gasteiger partial charge in [0.1, 0.15) is 23.1 Å². The summed E-state index contributed by atoms with van der Waals surface area (Å²) >= 11 is 3.41. The fourth-order valence-corrected chi connectivity index (χ4v) is 3.19. The molecule has 0 aliphatic heterocycles. The summed E-state index contributed by atoms with van der Waals surface area (Å²) in [4.78, 5) is 15.4. The van der Waals surface area contributed by atoms with E-state index in [4.69, 9.17) is 9.47 Å². The van der Waals surface area contributed by atoms with E-state index in [0.29, 0.717) is 41.5 Å². The van der Waals surface area contributed by atoms with E-state index < -0.39 is 5.56 Å². The molecule has 0 unspecified atom stereocenters. The fraction of sp³-hybridized carbons (Fsp3) is 0.182. The van der Waals surface area contributed by atoms with Gasteiger partial charge in [-0.2, -0.15) is 5.26 Å². The fourth-order valence-electron chi connectivity index (χ4n) is 2.93. The molecule has 5 nitrogen and oxygen atoms in total. The monoisotopic (exact) mass is 438 g/mol. The Kier molecular flexibility index (Phi) is 6.17. The molecular weight excluding hydrogens is 420 g/mol. The van der Waals surface area contributed by atoms with Gasteiger partial charge < -0.3 is 14.5 Å². The number of ether oxygens (including phenoxy) is 2. The Morgan fingerprint density at radius 2 is 1.71 bits per heavy atom. The average molecular weight is 439 g/mol. The lowest BCUT2D eigenvalue weighted by Gasteiger charge is -2.14. The van der Waals surface area contributed by atoms with Crippen LogP contribution in [0.15, 0.2) is 57.8 Å². The largest absolute Gasteiger partial charge is 0.494 e. The van der Waals surface area contributed by atoms with E-state index in [1.165, 1.54) is 0 Å². The summed E-state index contributed by atoms with van der Waals surface area (Å²) in [6.07, 6.45) is 0. The van der Waals surface area contributed by atoms with Crippen LogP contribution >= 0.6 is 15.9 Å². The van der Waals surface area contributed by atoms with Crippen LogP contribution in [0.4, 0.5) is 0 Å². The van der Waals surface area contributed by atoms with Crippen molar-refractivity contribution in [1.29, 1.82) is 5.26 Å². The average Bonchev–Trinajstić information content (AvgIpc) is 2.69. The molecule has 28 heavy (non-hydrogen) atoms. The molecule has 0 saturated heterocycles. The summed E-state index contributed by atoms with van der Waals surface area (Å²) in [5, 5.41) is 9.60. The molecule has 0 amide bonds. The van der Waals surface area contributed by atoms with Crippen LogP contribution in [0.2, 0.25) is 0 Å². The van der Waals surface area contributed by atoms with Gasteiger partial charge in [-0.15, -0.1) is 0 Å². The maximum absolute atomic E-state index is 12.6. The van der Waals surface area contributed by atoms with E-state index >= 15 is 0 Å². The van der Waals surface area contributed by atoms with Crippen molar-refractivity contribution in [2.45, 2.75) is 13.8 Å². The molecule has 0 bridgehead atoms. The van der Waals surface area contributed by atoms with Crippen molar-refractivity contribution in [3.05, 3.63) is 68.9 Å². The Balaban J connectivity index is 2.25. The second-order valence-corrected chi connectivity index (χ2v) is 6.86. The number of nitrogens with zero attached hydrogens (tertiary/aromatic N) is 1. The standard InChI is InChI=1S/C22H19BrN2O3/c1-3-27-16-9-10-21(28-4-2)18(11-16)17-12-20(25-22(26)19(17)13-24)14-5-7-15(23)8-6-14/h5-12H,3-4H2,1-2H3,(H,25,26). The van der Waals surface area contributed by atoms with E-state index in [1.807, 2.05) is 50.2 Å². The number of pyridine rings is 1. The van der Waals surface area contributed by atoms with Crippen molar-refractivity contribution in [1.82, 2.24) is 4.98 Å². The van der Waals surface area contributed by atoms with Crippen molar-refractivity contribution in [3.8, 4) is 40.0 Å². The minimum absolute atomic E-state index is 0.0375. The summed E-state index contributed by atoms with van der Waals surface area (Å²) < 4.78 is 12.3. The number of hydrogen-bond acceptors (Lipinski definition) is 4. The normalized spacial score (nSPS) is 10.4. The number of nitriles is 1. The summed E-state index contributed by atoms with van der Waals surface area (Å²) in [7, 11) is 0. The van der Waals surface area contributed by atoms with Crippen LogP contribution in [0.5, 0.6) is 11.5 Å². The summed E-state index contributed by atoms with van der Waals surface area (Å²) in [5.74, 6) is 1.24. The lowest BCUT2D eigenvalue weighted by molar-refractivity contribution is 0.331. The van der Waals surface area contributed by atoms with E-state index in [1.54, 1.807) is 18.2 Å². The molecule has 0 aliphatic carbocycles. The zero-order valence-corrected chi connectivity index (χ0v) is 17.2. The Morgan fingerprint density at radius 1 is 1.00 bits per heavy atom. The topological polar surface area (TPSA) is 75.1 Å². The van der Waals surface area contributed by atoms with Crippen molar-refractivity contribution < 1.29 is 9.47 Å². The number of rotatable bonds is 6. The van der Waals surface area contributed by atoms with E-state index in [9.17, 15) is 10.1 Å². The predicted molar refractivity (Wildman–Crippen MR) is 113 cm³/mol. The molecule has 0 radical (unpaired) electrons. The van der Waals surface area contributed by atoms with Crippen LogP contribution in [0.25, 0.3) is 22.4 Å². The number of nitrogens with one attached hydrogen (secondary N) is 1. The molecule has 0 aliphatic rings. The van der Waals surface area contributed by atoms with Gasteiger partial charge in [0.15, 0.2) is 0 Å². The molecule has 1 N–H and O–H groups in total. The van der Waals surface area contributed by atoms with Crippen LogP contribution < -0.4 is 15.0 Å². The Bertz CT molecular complexity index is 1080. The Labute approximate surface area is 171 Å². The first-order valence-electron chi connectivity index (χ1n) is 8.90. The number of hydrogen-bond donors (Lipinski definition) is 1. The van der Waals surface area contributed by atoms with Gasteiger partial charge in [-0.25, -0.2) is 0 Å². The molecule has 3 aromatic rings. The maximum Gasteiger partial charge on any atom is 0.266 e. The van der Waals surface area contributed by atoms with E-state index in [-0.39, 0.29) is 5.56 Å². The first-order valence-corrected chi connectivity index (χ1v) is 9.70. The zero-order valence-electron chi connectivity index (χ0n) is 15.6. The number of H-pyrrole nitrogens is 1. The first kappa shape index (κ1) is 19.7. The van der Waals surface area contributed by atoms with Gasteiger partial charge in [-0.05, 0) is 55.8 Å². The van der Waals surface area contributed by atoms with Crippen LogP contribution in [-0.4, -0.2) is 18.2 Å². The Hall–Kier alpha value is -3.04. The highest BCUT2D eigenvalue weighted by atomic mass is 79.9. The molecule has 1 heterocycles. The molecule has 0 fully saturated rings. The van der Waals surface area contributed by atoms with E-state index in [2.05, 4.69) is 20.9 Å². The third kappa shape index (κ3) is 4.10. The van der Waals surface area contributed by atoms with Crippen LogP contribution in [0, 0.1) is 11.3 Å². The maximum atomic E-state index is 12.6. The summed E-state index contributed by atoms with van der Waals surface area (Å²) in [6.45, 7) is 4.76. The minimum Gasteiger partial charge on any atom is -0.494 e. The molecular formula is C22H19BrN2O3. The number of aromatic nitrogens is 1. The number of benzene rings is 2. The smallest absolute Gasteiger partial charge is 0.266 e. The molecule has 0 spiro atoms. The molecule has 2 aromatic carbocycles. The SMILES string of the molecule is CCOc1ccc(OCC)c(-c2cc(-c3ccc(Br)cc3)[nH]c(=O)c2C#N)c1. The van der Waals surface area contributed by atoms with Crippen LogP contribution in [0.1, 0.15) is 19.4 Å². The van der Waals surface area contributed by atoms with Crippen LogP contribution in [0.3, 0.4) is 0 Å². The van der Waals surface area contributed by atoms with Crippen molar-refractivity contribution >= 4 is 15.9 Å². The lowest BCUT2D eigenvalue weighted by Crippen LogP contribution is -2.13. The highest BCUT2D eigenvalue weighted by Gasteiger charge is 2.17. The third-order valence-electron chi connectivity index (χ3n) is 4.15. The highest BCUT2D eigenvalue weighted by Crippen LogP contribution is 2.36. The first-order chi connectivity index (χ1) is 13.6. The minimum atomic E-state index is -0.442. The van der Waals surface area contributed by atoms with Gasteiger partial charge in [0.05, 0.1) is 13.2 Å². The van der Waals surface area contributed by atoms with Gasteiger partial charge in [0.25, 0.3) is 5.56 Å². The van der Waals surface area contributed by atoms with Gasteiger partial charge in [0.2, 0.25) is 0 Å². The van der Waals surface area contributed by atoms with E-state index in [0.717, 1.165) is 10.0 Å². The molecule has 6 heteroatoms. The van der Waals surface area contributed by atoms with Gasteiger partial charge in [-0.3, -0.25) is 4.79 Å². The van der Waals surface area contributed by atoms with Crippen molar-refractivity contribution in [2.75, 3.05) is 13.2 Å². The quantitative estimate of drug-likeness (QED) is 0.577. The van der Waals surface area contributed by atoms with Crippen LogP contribution in [-0.2, 0) is 0 Å². The number of halogens is 1. The molecule has 0 saturated carbocycles. The van der Waals surface area contributed by atoms with Gasteiger partial charge >= 0.3 is 0 Å². The van der Waals surface area contributed by atoms with Crippen molar-refractivity contribution in [3.63, 3.8) is 0 Å². The molecule has 3 rings (SSSR count). The summed E-state index contributed by atoms with van der Waals surface area (Å²) in [5.41, 5.74) is 2.21. The molecule has 142 valence electrons. The predicted octanol–water partition coefficient (Wildman–Crippen LogP) is 5.14. The second-order valence-electron chi connectivity index (χ2n) is 5.94. The Morgan fingerprint density at radius 3 is 2.36 bits per heavy atom. The third-order valence-corrected chi connectivity index (χ3v) is 4.68. The van der Waals surface area contributed by atoms with Gasteiger partial charge in [-0.1, -0.05) is 28.1 Å². The zero-order chi connectivity index (χ0) is 20.1. The second kappa shape index (κ2) is 8.77.